The van der Waals surface area contributed by atoms with Crippen LogP contribution in [0, 0.1) is 35.8 Å². The fraction of sp³-hybridized carbons (Fsp3) is 0. The lowest BCUT2D eigenvalue weighted by Crippen LogP contribution is -2.06. The number of rotatable bonds is 10. The summed E-state index contributed by atoms with van der Waals surface area (Å²) in [4.78, 5) is 28.8. The number of hydrogen-bond acceptors (Lipinski definition) is 6. The second-order valence-corrected chi connectivity index (χ2v) is 21.4. The molecular weight excluding hydrogens is 1080 g/mol. The number of nitriles is 2. The SMILES string of the molecule is [C-]#[N+]c1ccc(-c2ccc3c(c2)c2cc(-c4ccc([N+]#[C-])cc4)ccc2n3-c2cccc(-c3nc(-c4ccccc4)nc(-c4ccccc4)n3)c2-c2ncccc2-n2c3ccc(-c4ccc(C#N)cc4)cc3c3cc(-c4ccc(C#N)cc4)ccc32)cc1. The third-order valence-corrected chi connectivity index (χ3v) is 16.4. The van der Waals surface area contributed by atoms with Crippen LogP contribution in [0.2, 0.25) is 0 Å². The maximum Gasteiger partial charge on any atom is 0.187 e. The predicted octanol–water partition coefficient (Wildman–Crippen LogP) is 19.6. The molecule has 0 aliphatic heterocycles. The summed E-state index contributed by atoms with van der Waals surface area (Å²) < 4.78 is 4.64. The summed E-state index contributed by atoms with van der Waals surface area (Å²) in [6, 6.07) is 91.9. The summed E-state index contributed by atoms with van der Waals surface area (Å²) in [5.41, 5.74) is 19.5. The molecule has 15 aromatic rings. The highest BCUT2D eigenvalue weighted by Crippen LogP contribution is 2.46. The predicted molar refractivity (Wildman–Crippen MR) is 352 cm³/mol. The van der Waals surface area contributed by atoms with Crippen LogP contribution in [-0.4, -0.2) is 29.1 Å². The Bertz CT molecular complexity index is 5160. The minimum Gasteiger partial charge on any atom is -0.309 e. The highest BCUT2D eigenvalue weighted by atomic mass is 15.1. The molecule has 0 radical (unpaired) electrons. The molecule has 0 N–H and O–H groups in total. The first-order valence-corrected chi connectivity index (χ1v) is 28.5. The minimum absolute atomic E-state index is 0.457. The standard InChI is InChI=1S/C78H44N10/c1-81-61-34-26-53(27-35-61)59-30-38-68-64(45-59)65-46-60(54-28-36-62(82-2)37-29-54)31-39-69(65)87(68)72-16-9-15-63(78-85-76(55-11-5-3-6-12-55)84-77(86-78)56-13-7-4-8-14-56)74(72)75-73(17-10-42-83-75)88-70-40-32-57(51-22-18-49(47-79)19-23-51)43-66(70)67-44-58(33-41-71(67)88)52-24-20-50(48-80)21-25-52/h3-46H. The number of benzene rings is 11. The Morgan fingerprint density at radius 1 is 0.330 bits per heavy atom. The maximum atomic E-state index is 9.72. The topological polar surface area (TPSA) is 118 Å². The van der Waals surface area contributed by atoms with E-state index in [1.807, 2.05) is 170 Å². The van der Waals surface area contributed by atoms with Gasteiger partial charge in [0.15, 0.2) is 28.8 Å². The van der Waals surface area contributed by atoms with E-state index in [0.29, 0.717) is 45.7 Å². The Morgan fingerprint density at radius 3 is 1.09 bits per heavy atom. The second-order valence-electron chi connectivity index (χ2n) is 21.4. The Morgan fingerprint density at radius 2 is 0.693 bits per heavy atom. The van der Waals surface area contributed by atoms with Crippen molar-refractivity contribution in [2.45, 2.75) is 0 Å². The Hall–Kier alpha value is -12.9. The smallest absolute Gasteiger partial charge is 0.187 e. The Labute approximate surface area is 506 Å². The molecule has 88 heavy (non-hydrogen) atoms. The molecule has 0 aliphatic carbocycles. The van der Waals surface area contributed by atoms with Gasteiger partial charge in [0, 0.05) is 50.0 Å². The molecule has 4 aromatic heterocycles. The normalized spacial score (nSPS) is 11.1. The summed E-state index contributed by atoms with van der Waals surface area (Å²) in [7, 11) is 0. The van der Waals surface area contributed by atoms with Gasteiger partial charge in [-0.15, -0.1) is 0 Å². The van der Waals surface area contributed by atoms with Gasteiger partial charge in [-0.05, 0) is 136 Å². The largest absolute Gasteiger partial charge is 0.309 e. The van der Waals surface area contributed by atoms with Gasteiger partial charge < -0.3 is 9.13 Å². The molecular formula is C78H44N10. The van der Waals surface area contributed by atoms with E-state index in [2.05, 4.69) is 128 Å². The van der Waals surface area contributed by atoms with Crippen molar-refractivity contribution in [2.24, 2.45) is 0 Å². The van der Waals surface area contributed by atoms with Gasteiger partial charge in [-0.1, -0.05) is 170 Å². The molecule has 15 rings (SSSR count). The first kappa shape index (κ1) is 52.0. The molecule has 0 aliphatic rings. The lowest BCUT2D eigenvalue weighted by molar-refractivity contribution is 1.07. The molecule has 0 bridgehead atoms. The molecule has 10 heteroatoms. The van der Waals surface area contributed by atoms with Crippen molar-refractivity contribution >= 4 is 55.0 Å². The van der Waals surface area contributed by atoms with Gasteiger partial charge in [0.2, 0.25) is 0 Å². The summed E-state index contributed by atoms with van der Waals surface area (Å²) in [5, 5.41) is 23.5. The summed E-state index contributed by atoms with van der Waals surface area (Å²) >= 11 is 0. The van der Waals surface area contributed by atoms with E-state index in [1.54, 1.807) is 0 Å². The lowest BCUT2D eigenvalue weighted by atomic mass is 9.98. The highest BCUT2D eigenvalue weighted by Gasteiger charge is 2.27. The molecule has 0 fully saturated rings. The van der Waals surface area contributed by atoms with Gasteiger partial charge in [-0.3, -0.25) is 4.98 Å². The molecule has 0 unspecified atom stereocenters. The molecule has 10 nitrogen and oxygen atoms in total. The van der Waals surface area contributed by atoms with Crippen molar-refractivity contribution in [2.75, 3.05) is 0 Å². The number of hydrogen-bond donors (Lipinski definition) is 0. The molecule has 0 amide bonds. The number of aromatic nitrogens is 6. The van der Waals surface area contributed by atoms with Crippen LogP contribution in [-0.2, 0) is 0 Å². The van der Waals surface area contributed by atoms with E-state index in [-0.39, 0.29) is 0 Å². The van der Waals surface area contributed by atoms with Crippen LogP contribution in [0.25, 0.3) is 155 Å². The number of pyridine rings is 1. The van der Waals surface area contributed by atoms with Crippen LogP contribution in [0.5, 0.6) is 0 Å². The Kier molecular flexibility index (Phi) is 12.8. The minimum atomic E-state index is 0.457. The van der Waals surface area contributed by atoms with Crippen molar-refractivity contribution in [1.82, 2.24) is 29.1 Å². The van der Waals surface area contributed by atoms with Crippen LogP contribution in [0.1, 0.15) is 11.1 Å². The zero-order chi connectivity index (χ0) is 59.2. The van der Waals surface area contributed by atoms with E-state index >= 15 is 0 Å². The van der Waals surface area contributed by atoms with Crippen LogP contribution in [0.4, 0.5) is 11.4 Å². The first-order chi connectivity index (χ1) is 43.4. The molecule has 0 saturated heterocycles. The van der Waals surface area contributed by atoms with E-state index < -0.39 is 0 Å². The zero-order valence-corrected chi connectivity index (χ0v) is 46.9. The van der Waals surface area contributed by atoms with E-state index in [1.165, 1.54) is 0 Å². The van der Waals surface area contributed by atoms with Crippen LogP contribution in [0.3, 0.4) is 0 Å². The summed E-state index contributed by atoms with van der Waals surface area (Å²) in [6.45, 7) is 15.3. The van der Waals surface area contributed by atoms with E-state index in [4.69, 9.17) is 33.1 Å². The molecule has 0 saturated carbocycles. The van der Waals surface area contributed by atoms with E-state index in [9.17, 15) is 10.5 Å². The summed E-state index contributed by atoms with van der Waals surface area (Å²) in [5.74, 6) is 1.50. The van der Waals surface area contributed by atoms with Crippen molar-refractivity contribution < 1.29 is 0 Å². The third-order valence-electron chi connectivity index (χ3n) is 16.4. The van der Waals surface area contributed by atoms with Gasteiger partial charge >= 0.3 is 0 Å². The Balaban J connectivity index is 1.04. The van der Waals surface area contributed by atoms with Gasteiger partial charge in [-0.25, -0.2) is 24.6 Å². The van der Waals surface area contributed by atoms with Crippen LogP contribution in [0.15, 0.2) is 267 Å². The van der Waals surface area contributed by atoms with Crippen LogP contribution < -0.4 is 0 Å². The van der Waals surface area contributed by atoms with Gasteiger partial charge in [-0.2, -0.15) is 10.5 Å². The van der Waals surface area contributed by atoms with Crippen LogP contribution >= 0.6 is 0 Å². The molecule has 11 aromatic carbocycles. The fourth-order valence-electron chi connectivity index (χ4n) is 12.1. The fourth-order valence-corrected chi connectivity index (χ4v) is 12.1. The molecule has 406 valence electrons. The van der Waals surface area contributed by atoms with Gasteiger partial charge in [0.05, 0.1) is 75.5 Å². The van der Waals surface area contributed by atoms with Crippen molar-refractivity contribution in [3.8, 4) is 113 Å². The first-order valence-electron chi connectivity index (χ1n) is 28.5. The number of nitrogens with zero attached hydrogens (tertiary/aromatic N) is 10. The molecule has 0 spiro atoms. The average molecular weight is 1120 g/mol. The highest BCUT2D eigenvalue weighted by molar-refractivity contribution is 6.14. The van der Waals surface area contributed by atoms with Crippen molar-refractivity contribution in [1.29, 1.82) is 10.5 Å². The molecule has 4 heterocycles. The molecule has 0 atom stereocenters. The quantitative estimate of drug-likeness (QED) is 0.126. The van der Waals surface area contributed by atoms with Gasteiger partial charge in [0.25, 0.3) is 0 Å². The zero-order valence-electron chi connectivity index (χ0n) is 46.9. The monoisotopic (exact) mass is 1120 g/mol. The second kappa shape index (κ2) is 21.7. The average Bonchev–Trinajstić information content (AvgIpc) is 2.30. The summed E-state index contributed by atoms with van der Waals surface area (Å²) in [6.07, 6.45) is 1.85. The maximum absolute atomic E-state index is 9.72. The van der Waals surface area contributed by atoms with E-state index in [0.717, 1.165) is 122 Å². The van der Waals surface area contributed by atoms with Crippen molar-refractivity contribution in [3.05, 3.63) is 301 Å². The van der Waals surface area contributed by atoms with Crippen molar-refractivity contribution in [3.63, 3.8) is 0 Å². The lowest BCUT2D eigenvalue weighted by Gasteiger charge is -2.20. The van der Waals surface area contributed by atoms with Gasteiger partial charge in [0.1, 0.15) is 0 Å². The third kappa shape index (κ3) is 9.13. The number of fused-ring (bicyclic) bond motifs is 6.